The summed E-state index contributed by atoms with van der Waals surface area (Å²) in [7, 11) is -3.25. The second kappa shape index (κ2) is 6.78. The van der Waals surface area contributed by atoms with Gasteiger partial charge >= 0.3 is 0 Å². The zero-order valence-electron chi connectivity index (χ0n) is 15.8. The van der Waals surface area contributed by atoms with Crippen LogP contribution in [0.2, 0.25) is 0 Å². The smallest absolute Gasteiger partial charge is 0.245 e. The number of nitrogens with zero attached hydrogens (tertiary/aromatic N) is 4. The Labute approximate surface area is 162 Å². The zero-order chi connectivity index (χ0) is 20.1. The fourth-order valence-electron chi connectivity index (χ4n) is 3.89. The van der Waals surface area contributed by atoms with Crippen molar-refractivity contribution < 1.29 is 18.3 Å². The molecular weight excluding hydrogens is 382 g/mol. The lowest BCUT2D eigenvalue weighted by Gasteiger charge is -2.35. The van der Waals surface area contributed by atoms with E-state index in [0.717, 1.165) is 10.8 Å². The summed E-state index contributed by atoms with van der Waals surface area (Å²) in [5.41, 5.74) is 0.686. The van der Waals surface area contributed by atoms with E-state index in [-0.39, 0.29) is 24.9 Å². The number of nitrogens with one attached hydrogen (secondary N) is 1. The van der Waals surface area contributed by atoms with Gasteiger partial charge in [-0.2, -0.15) is 4.31 Å². The Bertz CT molecular complexity index is 1140. The van der Waals surface area contributed by atoms with Crippen molar-refractivity contribution in [3.8, 4) is 5.88 Å². The molecular formula is C18H23N5O4S. The minimum absolute atomic E-state index is 0.00423. The van der Waals surface area contributed by atoms with Crippen LogP contribution in [0.15, 0.2) is 24.7 Å². The second-order valence-corrected chi connectivity index (χ2v) is 9.08. The first-order valence-electron chi connectivity index (χ1n) is 9.20. The third-order valence-electron chi connectivity index (χ3n) is 5.39. The highest BCUT2D eigenvalue weighted by Crippen LogP contribution is 2.34. The fourth-order valence-corrected chi connectivity index (χ4v) is 4.71. The number of piperazine rings is 1. The quantitative estimate of drug-likeness (QED) is 0.679. The van der Waals surface area contributed by atoms with Crippen molar-refractivity contribution in [1.29, 1.82) is 0 Å². The molecule has 1 aliphatic heterocycles. The van der Waals surface area contributed by atoms with Gasteiger partial charge in [0.15, 0.2) is 0 Å². The summed E-state index contributed by atoms with van der Waals surface area (Å²) >= 11 is 0. The summed E-state index contributed by atoms with van der Waals surface area (Å²) in [4.78, 5) is 22.2. The zero-order valence-corrected chi connectivity index (χ0v) is 16.6. The van der Waals surface area contributed by atoms with Crippen molar-refractivity contribution in [2.75, 3.05) is 32.4 Å². The molecule has 4 heterocycles. The molecule has 2 N–H and O–H groups in total. The van der Waals surface area contributed by atoms with Crippen molar-refractivity contribution in [2.45, 2.75) is 19.4 Å². The molecule has 0 aliphatic carbocycles. The summed E-state index contributed by atoms with van der Waals surface area (Å²) in [6, 6.07) is 1.31. The van der Waals surface area contributed by atoms with E-state index in [1.807, 2.05) is 13.0 Å². The molecule has 0 bridgehead atoms. The number of rotatable bonds is 4. The van der Waals surface area contributed by atoms with E-state index < -0.39 is 16.1 Å². The molecule has 28 heavy (non-hydrogen) atoms. The van der Waals surface area contributed by atoms with E-state index in [0.29, 0.717) is 30.5 Å². The van der Waals surface area contributed by atoms with E-state index in [1.165, 1.54) is 10.6 Å². The number of carbonyl (C=O) groups is 1. The van der Waals surface area contributed by atoms with Gasteiger partial charge in [-0.1, -0.05) is 6.92 Å². The molecule has 150 valence electrons. The number of hydrogen-bond acceptors (Lipinski definition) is 5. The SMILES string of the molecule is CC[C@H](C(=O)N1CCN(S(C)(=O)=O)CC1)n1cc2cc[nH]c3ncc(c1O)c23. The molecule has 1 amide bonds. The third-order valence-corrected chi connectivity index (χ3v) is 6.69. The normalized spacial score (nSPS) is 17.4. The van der Waals surface area contributed by atoms with Gasteiger partial charge in [-0.25, -0.2) is 13.4 Å². The number of hydrogen-bond donors (Lipinski definition) is 2. The Balaban J connectivity index is 1.66. The summed E-state index contributed by atoms with van der Waals surface area (Å²) < 4.78 is 26.4. The topological polar surface area (TPSA) is 112 Å². The van der Waals surface area contributed by atoms with E-state index in [4.69, 9.17) is 0 Å². The van der Waals surface area contributed by atoms with E-state index in [2.05, 4.69) is 9.97 Å². The van der Waals surface area contributed by atoms with Gasteiger partial charge in [0.05, 0.1) is 11.6 Å². The Kier molecular flexibility index (Phi) is 4.54. The molecule has 0 aromatic carbocycles. The van der Waals surface area contributed by atoms with Crippen LogP contribution in [0.5, 0.6) is 5.88 Å². The number of pyridine rings is 2. The lowest BCUT2D eigenvalue weighted by Crippen LogP contribution is -2.51. The van der Waals surface area contributed by atoms with Gasteiger partial charge in [0.25, 0.3) is 0 Å². The number of aromatic nitrogens is 3. The maximum Gasteiger partial charge on any atom is 0.245 e. The van der Waals surface area contributed by atoms with E-state index in [1.54, 1.807) is 28.1 Å². The van der Waals surface area contributed by atoms with Crippen LogP contribution in [0.1, 0.15) is 19.4 Å². The van der Waals surface area contributed by atoms with Crippen LogP contribution >= 0.6 is 0 Å². The van der Waals surface area contributed by atoms with Crippen molar-refractivity contribution >= 4 is 37.7 Å². The number of H-pyrrole nitrogens is 1. The molecule has 1 atom stereocenters. The maximum atomic E-state index is 13.2. The van der Waals surface area contributed by atoms with Crippen LogP contribution in [-0.2, 0) is 14.8 Å². The van der Waals surface area contributed by atoms with Crippen molar-refractivity contribution in [3.05, 3.63) is 24.7 Å². The van der Waals surface area contributed by atoms with Crippen LogP contribution in [0.3, 0.4) is 0 Å². The summed E-state index contributed by atoms with van der Waals surface area (Å²) in [5, 5.41) is 13.1. The number of carbonyl (C=O) groups excluding carboxylic acids is 1. The van der Waals surface area contributed by atoms with Gasteiger partial charge in [-0.3, -0.25) is 4.79 Å². The summed E-state index contributed by atoms with van der Waals surface area (Å²) in [6.07, 6.45) is 6.83. The van der Waals surface area contributed by atoms with Crippen LogP contribution < -0.4 is 0 Å². The Morgan fingerprint density at radius 1 is 1.32 bits per heavy atom. The molecule has 10 heteroatoms. The van der Waals surface area contributed by atoms with Crippen molar-refractivity contribution in [1.82, 2.24) is 23.7 Å². The molecule has 1 saturated heterocycles. The Morgan fingerprint density at radius 3 is 2.68 bits per heavy atom. The Morgan fingerprint density at radius 2 is 2.04 bits per heavy atom. The van der Waals surface area contributed by atoms with Crippen LogP contribution in [0, 0.1) is 0 Å². The Hall–Kier alpha value is -2.59. The molecule has 0 radical (unpaired) electrons. The predicted octanol–water partition coefficient (Wildman–Crippen LogP) is 1.28. The number of amides is 1. The number of sulfonamides is 1. The summed E-state index contributed by atoms with van der Waals surface area (Å²) in [6.45, 7) is 3.14. The molecule has 1 aliphatic rings. The van der Waals surface area contributed by atoms with E-state index in [9.17, 15) is 18.3 Å². The molecule has 3 aromatic rings. The largest absolute Gasteiger partial charge is 0.494 e. The molecule has 4 rings (SSSR count). The molecule has 3 aromatic heterocycles. The first-order chi connectivity index (χ1) is 13.3. The summed E-state index contributed by atoms with van der Waals surface area (Å²) in [5.74, 6) is -0.121. The van der Waals surface area contributed by atoms with E-state index >= 15 is 0 Å². The monoisotopic (exact) mass is 405 g/mol. The lowest BCUT2D eigenvalue weighted by molar-refractivity contribution is -0.136. The highest BCUT2D eigenvalue weighted by molar-refractivity contribution is 7.88. The van der Waals surface area contributed by atoms with Gasteiger partial charge in [0, 0.05) is 55.5 Å². The van der Waals surface area contributed by atoms with Crippen molar-refractivity contribution in [2.24, 2.45) is 0 Å². The molecule has 0 saturated carbocycles. The van der Waals surface area contributed by atoms with Gasteiger partial charge in [-0.15, -0.1) is 0 Å². The molecule has 0 spiro atoms. The molecule has 9 nitrogen and oxygen atoms in total. The van der Waals surface area contributed by atoms with Gasteiger partial charge < -0.3 is 19.6 Å². The first-order valence-corrected chi connectivity index (χ1v) is 11.1. The maximum absolute atomic E-state index is 13.2. The lowest BCUT2D eigenvalue weighted by atomic mass is 10.1. The number of aromatic hydroxyl groups is 1. The minimum atomic E-state index is -3.25. The highest BCUT2D eigenvalue weighted by Gasteiger charge is 2.31. The minimum Gasteiger partial charge on any atom is -0.494 e. The van der Waals surface area contributed by atoms with Crippen LogP contribution in [0.4, 0.5) is 0 Å². The first kappa shape index (κ1) is 18.8. The fraction of sp³-hybridized carbons (Fsp3) is 0.444. The number of aromatic amines is 1. The second-order valence-electron chi connectivity index (χ2n) is 7.10. The van der Waals surface area contributed by atoms with Crippen molar-refractivity contribution in [3.63, 3.8) is 0 Å². The molecule has 0 unspecified atom stereocenters. The van der Waals surface area contributed by atoms with Gasteiger partial charge in [0.1, 0.15) is 11.7 Å². The average Bonchev–Trinajstić information content (AvgIpc) is 3.11. The highest BCUT2D eigenvalue weighted by atomic mass is 32.2. The van der Waals surface area contributed by atoms with Gasteiger partial charge in [0.2, 0.25) is 21.8 Å². The standard InChI is InChI=1S/C18H23N5O4S/c1-3-14(18(25)21-6-8-22(9-7-21)28(2,26)27)23-11-12-4-5-19-16-15(12)13(10-20-16)17(23)24/h4-5,10-11,14,19,24H,3,6-9H2,1-2H3/t14-/m1/s1. The molecule has 1 fully saturated rings. The third kappa shape index (κ3) is 3.02. The average molecular weight is 405 g/mol. The van der Waals surface area contributed by atoms with Gasteiger partial charge in [-0.05, 0) is 12.5 Å². The predicted molar refractivity (Wildman–Crippen MR) is 106 cm³/mol. The van der Waals surface area contributed by atoms with Crippen LogP contribution in [0.25, 0.3) is 21.8 Å². The van der Waals surface area contributed by atoms with Crippen LogP contribution in [-0.4, -0.2) is 75.6 Å².